The number of carbonyl (C=O) groups is 2. The molecular formula is C18H19N3O4. The van der Waals surface area contributed by atoms with Crippen molar-refractivity contribution in [2.24, 2.45) is 0 Å². The zero-order valence-electron chi connectivity index (χ0n) is 14.0. The third kappa shape index (κ3) is 4.20. The Kier molecular flexibility index (Phi) is 5.84. The second-order valence-corrected chi connectivity index (χ2v) is 5.48. The zero-order chi connectivity index (χ0) is 18.4. The number of carbonyl (C=O) groups excluding carboxylic acids is 2. The van der Waals surface area contributed by atoms with E-state index in [4.69, 9.17) is 0 Å². The van der Waals surface area contributed by atoms with Crippen molar-refractivity contribution in [1.29, 1.82) is 0 Å². The summed E-state index contributed by atoms with van der Waals surface area (Å²) in [6.07, 6.45) is 0.787. The summed E-state index contributed by atoms with van der Waals surface area (Å²) in [7, 11) is 0. The summed E-state index contributed by atoms with van der Waals surface area (Å²) in [5.74, 6) is -0.942. The summed E-state index contributed by atoms with van der Waals surface area (Å²) in [6, 6.07) is 11.1. The fourth-order valence-corrected chi connectivity index (χ4v) is 2.40. The number of amides is 2. The van der Waals surface area contributed by atoms with Crippen LogP contribution in [0.2, 0.25) is 0 Å². The Hall–Kier alpha value is -3.22. The topological polar surface area (TPSA) is 101 Å². The van der Waals surface area contributed by atoms with Crippen molar-refractivity contribution in [3.63, 3.8) is 0 Å². The number of aryl methyl sites for hydroxylation is 1. The predicted octanol–water partition coefficient (Wildman–Crippen LogP) is 3.30. The average Bonchev–Trinajstić information content (AvgIpc) is 2.59. The summed E-state index contributed by atoms with van der Waals surface area (Å²) in [6.45, 7) is 4.02. The Morgan fingerprint density at radius 2 is 1.72 bits per heavy atom. The molecule has 0 saturated heterocycles. The van der Waals surface area contributed by atoms with Gasteiger partial charge in [0.1, 0.15) is 5.56 Å². The van der Waals surface area contributed by atoms with E-state index in [1.54, 1.807) is 43.3 Å². The maximum Gasteiger partial charge on any atom is 0.285 e. The van der Waals surface area contributed by atoms with Gasteiger partial charge in [0.25, 0.3) is 17.5 Å². The van der Waals surface area contributed by atoms with E-state index < -0.39 is 10.8 Å². The SMILES string of the molecule is CCCNC(=O)c1ccccc1NC(=O)c1cccc(C)c1[N+](=O)[O-]. The summed E-state index contributed by atoms with van der Waals surface area (Å²) in [5, 5.41) is 16.6. The molecule has 0 bridgehead atoms. The third-order valence-corrected chi connectivity index (χ3v) is 3.62. The van der Waals surface area contributed by atoms with Gasteiger partial charge in [0.05, 0.1) is 16.2 Å². The monoisotopic (exact) mass is 341 g/mol. The number of nitrogens with one attached hydrogen (secondary N) is 2. The number of para-hydroxylation sites is 2. The molecule has 7 heteroatoms. The Morgan fingerprint density at radius 3 is 2.40 bits per heavy atom. The normalized spacial score (nSPS) is 10.2. The molecule has 25 heavy (non-hydrogen) atoms. The van der Waals surface area contributed by atoms with Crippen LogP contribution in [0.1, 0.15) is 39.6 Å². The van der Waals surface area contributed by atoms with Gasteiger partial charge in [0, 0.05) is 12.1 Å². The molecule has 0 aliphatic rings. The van der Waals surface area contributed by atoms with Gasteiger partial charge in [-0.2, -0.15) is 0 Å². The molecule has 7 nitrogen and oxygen atoms in total. The van der Waals surface area contributed by atoms with Crippen LogP contribution < -0.4 is 10.6 Å². The Bertz CT molecular complexity index is 818. The lowest BCUT2D eigenvalue weighted by molar-refractivity contribution is -0.385. The largest absolute Gasteiger partial charge is 0.352 e. The minimum absolute atomic E-state index is 0.0474. The van der Waals surface area contributed by atoms with Gasteiger partial charge in [-0.3, -0.25) is 19.7 Å². The quantitative estimate of drug-likeness (QED) is 0.622. The molecule has 0 heterocycles. The number of nitro benzene ring substituents is 1. The molecule has 0 radical (unpaired) electrons. The third-order valence-electron chi connectivity index (χ3n) is 3.62. The first-order valence-corrected chi connectivity index (χ1v) is 7.88. The molecule has 0 aliphatic heterocycles. The molecule has 2 aromatic rings. The lowest BCUT2D eigenvalue weighted by Crippen LogP contribution is -2.26. The lowest BCUT2D eigenvalue weighted by atomic mass is 10.1. The van der Waals surface area contributed by atoms with E-state index in [0.29, 0.717) is 23.4 Å². The van der Waals surface area contributed by atoms with Crippen LogP contribution in [-0.2, 0) is 0 Å². The first-order valence-electron chi connectivity index (χ1n) is 7.88. The van der Waals surface area contributed by atoms with Crippen LogP contribution in [0.25, 0.3) is 0 Å². The summed E-state index contributed by atoms with van der Waals surface area (Å²) in [4.78, 5) is 35.4. The molecule has 0 spiro atoms. The minimum Gasteiger partial charge on any atom is -0.352 e. The summed E-state index contributed by atoms with van der Waals surface area (Å²) < 4.78 is 0. The van der Waals surface area contributed by atoms with E-state index in [2.05, 4.69) is 10.6 Å². The van der Waals surface area contributed by atoms with Crippen molar-refractivity contribution in [1.82, 2.24) is 5.32 Å². The maximum absolute atomic E-state index is 12.5. The number of nitrogens with zero attached hydrogens (tertiary/aromatic N) is 1. The number of hydrogen-bond donors (Lipinski definition) is 2. The molecule has 0 fully saturated rings. The van der Waals surface area contributed by atoms with Gasteiger partial charge in [-0.1, -0.05) is 31.2 Å². The molecule has 2 amide bonds. The number of nitro groups is 1. The van der Waals surface area contributed by atoms with Gasteiger partial charge in [-0.25, -0.2) is 0 Å². The van der Waals surface area contributed by atoms with Gasteiger partial charge < -0.3 is 10.6 Å². The number of rotatable bonds is 6. The first-order chi connectivity index (χ1) is 12.0. The molecular weight excluding hydrogens is 322 g/mol. The van der Waals surface area contributed by atoms with E-state index in [1.807, 2.05) is 6.92 Å². The highest BCUT2D eigenvalue weighted by Crippen LogP contribution is 2.25. The van der Waals surface area contributed by atoms with Crippen LogP contribution in [0.5, 0.6) is 0 Å². The molecule has 0 saturated carbocycles. The number of benzene rings is 2. The molecule has 0 aliphatic carbocycles. The molecule has 2 aromatic carbocycles. The Labute approximate surface area is 145 Å². The average molecular weight is 341 g/mol. The highest BCUT2D eigenvalue weighted by Gasteiger charge is 2.23. The van der Waals surface area contributed by atoms with E-state index in [9.17, 15) is 19.7 Å². The first kappa shape index (κ1) is 18.1. The Balaban J connectivity index is 2.32. The molecule has 0 unspecified atom stereocenters. The lowest BCUT2D eigenvalue weighted by Gasteiger charge is -2.11. The van der Waals surface area contributed by atoms with Crippen molar-refractivity contribution in [3.8, 4) is 0 Å². The molecule has 130 valence electrons. The van der Waals surface area contributed by atoms with Crippen LogP contribution in [0, 0.1) is 17.0 Å². The van der Waals surface area contributed by atoms with Gasteiger partial charge >= 0.3 is 0 Å². The summed E-state index contributed by atoms with van der Waals surface area (Å²) >= 11 is 0. The van der Waals surface area contributed by atoms with Gasteiger partial charge in [-0.15, -0.1) is 0 Å². The fraction of sp³-hybridized carbons (Fsp3) is 0.222. The highest BCUT2D eigenvalue weighted by molar-refractivity contribution is 6.10. The molecule has 2 N–H and O–H groups in total. The van der Waals surface area contributed by atoms with Crippen molar-refractivity contribution in [2.75, 3.05) is 11.9 Å². The number of anilines is 1. The fourth-order valence-electron chi connectivity index (χ4n) is 2.40. The van der Waals surface area contributed by atoms with Crippen molar-refractivity contribution in [2.45, 2.75) is 20.3 Å². The van der Waals surface area contributed by atoms with Crippen LogP contribution in [0.3, 0.4) is 0 Å². The van der Waals surface area contributed by atoms with E-state index in [0.717, 1.165) is 6.42 Å². The Morgan fingerprint density at radius 1 is 1.04 bits per heavy atom. The van der Waals surface area contributed by atoms with Crippen molar-refractivity contribution < 1.29 is 14.5 Å². The standard InChI is InChI=1S/C18H19N3O4/c1-3-11-19-17(22)13-8-4-5-10-15(13)20-18(23)14-9-6-7-12(2)16(14)21(24)25/h4-10H,3,11H2,1-2H3,(H,19,22)(H,20,23). The van der Waals surface area contributed by atoms with E-state index in [-0.39, 0.29) is 17.2 Å². The van der Waals surface area contributed by atoms with Gasteiger partial charge in [0.15, 0.2) is 0 Å². The van der Waals surface area contributed by atoms with Crippen LogP contribution in [-0.4, -0.2) is 23.3 Å². The second kappa shape index (κ2) is 8.05. The minimum atomic E-state index is -0.633. The predicted molar refractivity (Wildman–Crippen MR) is 94.9 cm³/mol. The van der Waals surface area contributed by atoms with Crippen LogP contribution in [0.15, 0.2) is 42.5 Å². The maximum atomic E-state index is 12.5. The van der Waals surface area contributed by atoms with Gasteiger partial charge in [0.2, 0.25) is 0 Å². The van der Waals surface area contributed by atoms with E-state index >= 15 is 0 Å². The zero-order valence-corrected chi connectivity index (χ0v) is 14.0. The summed E-state index contributed by atoms with van der Waals surface area (Å²) in [5.41, 5.74) is 0.713. The van der Waals surface area contributed by atoms with Crippen LogP contribution in [0.4, 0.5) is 11.4 Å². The van der Waals surface area contributed by atoms with E-state index in [1.165, 1.54) is 6.07 Å². The highest BCUT2D eigenvalue weighted by atomic mass is 16.6. The van der Waals surface area contributed by atoms with Crippen molar-refractivity contribution in [3.05, 3.63) is 69.3 Å². The van der Waals surface area contributed by atoms with Gasteiger partial charge in [-0.05, 0) is 31.5 Å². The smallest absolute Gasteiger partial charge is 0.285 e. The molecule has 2 rings (SSSR count). The molecule has 0 atom stereocenters. The van der Waals surface area contributed by atoms with Crippen LogP contribution >= 0.6 is 0 Å². The number of hydrogen-bond acceptors (Lipinski definition) is 4. The van der Waals surface area contributed by atoms with Crippen molar-refractivity contribution >= 4 is 23.2 Å². The molecule has 0 aromatic heterocycles. The second-order valence-electron chi connectivity index (χ2n) is 5.48.